The van der Waals surface area contributed by atoms with E-state index in [-0.39, 0.29) is 5.69 Å². The van der Waals surface area contributed by atoms with Crippen molar-refractivity contribution in [2.45, 2.75) is 20.0 Å². The Balaban J connectivity index is 1.85. The normalized spacial score (nSPS) is 11.2. The molecule has 0 unspecified atom stereocenters. The number of rotatable bonds is 6. The van der Waals surface area contributed by atoms with Crippen LogP contribution in [0.2, 0.25) is 0 Å². The largest absolute Gasteiger partial charge is 0.492 e. The average Bonchev–Trinajstić information content (AvgIpc) is 2.63. The number of nitrogens with one attached hydrogen (secondary N) is 2. The van der Waals surface area contributed by atoms with Crippen molar-refractivity contribution in [2.75, 3.05) is 17.2 Å². The van der Waals surface area contributed by atoms with Gasteiger partial charge in [0.15, 0.2) is 0 Å². The summed E-state index contributed by atoms with van der Waals surface area (Å²) in [5.41, 5.74) is 0.904. The molecule has 2 aromatic carbocycles. The summed E-state index contributed by atoms with van der Waals surface area (Å²) in [6, 6.07) is 14.0. The van der Waals surface area contributed by atoms with Crippen LogP contribution in [0.1, 0.15) is 18.2 Å². The Morgan fingerprint density at radius 2 is 1.75 bits per heavy atom. The number of hydrogen-bond acceptors (Lipinski definition) is 5. The quantitative estimate of drug-likeness (QED) is 0.568. The summed E-state index contributed by atoms with van der Waals surface area (Å²) in [6.07, 6.45) is -4.41. The number of benzene rings is 2. The molecule has 0 saturated carbocycles. The van der Waals surface area contributed by atoms with Crippen LogP contribution in [0.5, 0.6) is 5.75 Å². The summed E-state index contributed by atoms with van der Waals surface area (Å²) in [7, 11) is 0. The zero-order chi connectivity index (χ0) is 20.1. The Bertz CT molecular complexity index is 960. The zero-order valence-electron chi connectivity index (χ0n) is 15.3. The lowest BCUT2D eigenvalue weighted by atomic mass is 10.2. The van der Waals surface area contributed by atoms with Gasteiger partial charge in [-0.1, -0.05) is 18.2 Å². The second-order valence-corrected chi connectivity index (χ2v) is 5.98. The van der Waals surface area contributed by atoms with Gasteiger partial charge in [-0.3, -0.25) is 0 Å². The van der Waals surface area contributed by atoms with Crippen molar-refractivity contribution in [2.24, 2.45) is 0 Å². The first-order valence-electron chi connectivity index (χ1n) is 8.64. The van der Waals surface area contributed by atoms with E-state index in [0.717, 1.165) is 12.1 Å². The fourth-order valence-electron chi connectivity index (χ4n) is 2.58. The highest BCUT2D eigenvalue weighted by Crippen LogP contribution is 2.31. The molecule has 146 valence electrons. The van der Waals surface area contributed by atoms with Gasteiger partial charge in [0.2, 0.25) is 5.95 Å². The predicted octanol–water partition coefficient (Wildman–Crippen LogP) is 5.69. The van der Waals surface area contributed by atoms with E-state index in [1.54, 1.807) is 19.1 Å². The number of aromatic nitrogens is 2. The van der Waals surface area contributed by atoms with Crippen LogP contribution in [-0.2, 0) is 6.18 Å². The van der Waals surface area contributed by atoms with Gasteiger partial charge in [0.25, 0.3) is 0 Å². The van der Waals surface area contributed by atoms with Gasteiger partial charge >= 0.3 is 6.18 Å². The molecule has 0 aliphatic carbocycles. The molecule has 0 bridgehead atoms. The summed E-state index contributed by atoms with van der Waals surface area (Å²) >= 11 is 0. The van der Waals surface area contributed by atoms with Gasteiger partial charge in [0.05, 0.1) is 17.9 Å². The van der Waals surface area contributed by atoms with E-state index in [1.165, 1.54) is 6.07 Å². The molecule has 8 heteroatoms. The van der Waals surface area contributed by atoms with Crippen LogP contribution in [0, 0.1) is 6.92 Å². The molecule has 0 atom stereocenters. The van der Waals surface area contributed by atoms with Crippen LogP contribution in [0.25, 0.3) is 0 Å². The molecule has 0 radical (unpaired) electrons. The number of anilines is 4. The van der Waals surface area contributed by atoms with E-state index >= 15 is 0 Å². The highest BCUT2D eigenvalue weighted by atomic mass is 19.4. The average molecular weight is 388 g/mol. The van der Waals surface area contributed by atoms with Crippen molar-refractivity contribution in [3.8, 4) is 5.75 Å². The molecular weight excluding hydrogens is 369 g/mol. The predicted molar refractivity (Wildman–Crippen MR) is 102 cm³/mol. The molecule has 1 aromatic heterocycles. The summed E-state index contributed by atoms with van der Waals surface area (Å²) in [5, 5.41) is 5.99. The summed E-state index contributed by atoms with van der Waals surface area (Å²) in [5.74, 6) is 1.34. The minimum Gasteiger partial charge on any atom is -0.492 e. The molecule has 0 fully saturated rings. The third-order valence-corrected chi connectivity index (χ3v) is 3.75. The van der Waals surface area contributed by atoms with Crippen LogP contribution in [0.15, 0.2) is 54.6 Å². The number of halogens is 3. The highest BCUT2D eigenvalue weighted by Gasteiger charge is 2.30. The van der Waals surface area contributed by atoms with Crippen molar-refractivity contribution < 1.29 is 17.9 Å². The van der Waals surface area contributed by atoms with Gasteiger partial charge in [0, 0.05) is 17.4 Å². The van der Waals surface area contributed by atoms with Crippen LogP contribution < -0.4 is 15.4 Å². The standard InChI is InChI=1S/C20H19F3N4O/c1-3-28-17-10-5-4-9-16(17)26-19-24-13(2)11-18(27-19)25-15-8-6-7-14(12-15)20(21,22)23/h4-12H,3H2,1-2H3,(H2,24,25,26,27). The first-order valence-corrected chi connectivity index (χ1v) is 8.64. The Kier molecular flexibility index (Phi) is 5.67. The molecule has 0 saturated heterocycles. The minimum atomic E-state index is -4.41. The maximum absolute atomic E-state index is 12.9. The number of hydrogen-bond donors (Lipinski definition) is 2. The lowest BCUT2D eigenvalue weighted by Crippen LogP contribution is -2.06. The van der Waals surface area contributed by atoms with Gasteiger partial charge in [-0.05, 0) is 44.2 Å². The Morgan fingerprint density at radius 1 is 0.964 bits per heavy atom. The molecule has 1 heterocycles. The van der Waals surface area contributed by atoms with Gasteiger partial charge in [0.1, 0.15) is 11.6 Å². The van der Waals surface area contributed by atoms with E-state index < -0.39 is 11.7 Å². The van der Waals surface area contributed by atoms with Gasteiger partial charge in [-0.25, -0.2) is 4.98 Å². The van der Waals surface area contributed by atoms with E-state index in [1.807, 2.05) is 31.2 Å². The third kappa shape index (κ3) is 4.91. The van der Waals surface area contributed by atoms with E-state index in [9.17, 15) is 13.2 Å². The van der Waals surface area contributed by atoms with Gasteiger partial charge < -0.3 is 15.4 Å². The van der Waals surface area contributed by atoms with Crippen molar-refractivity contribution in [1.29, 1.82) is 0 Å². The Labute approximate surface area is 160 Å². The second-order valence-electron chi connectivity index (χ2n) is 5.98. The Morgan fingerprint density at radius 3 is 2.50 bits per heavy atom. The smallest absolute Gasteiger partial charge is 0.416 e. The van der Waals surface area contributed by atoms with Crippen molar-refractivity contribution in [1.82, 2.24) is 9.97 Å². The zero-order valence-corrected chi connectivity index (χ0v) is 15.3. The topological polar surface area (TPSA) is 59.1 Å². The summed E-state index contributed by atoms with van der Waals surface area (Å²) < 4.78 is 44.3. The van der Waals surface area contributed by atoms with Crippen molar-refractivity contribution in [3.63, 3.8) is 0 Å². The molecule has 5 nitrogen and oxygen atoms in total. The molecule has 3 aromatic rings. The summed E-state index contributed by atoms with van der Waals surface area (Å²) in [6.45, 7) is 4.17. The van der Waals surface area contributed by atoms with Crippen LogP contribution in [-0.4, -0.2) is 16.6 Å². The second kappa shape index (κ2) is 8.16. The molecular formula is C20H19F3N4O. The number of alkyl halides is 3. The first kappa shape index (κ1) is 19.5. The molecule has 28 heavy (non-hydrogen) atoms. The van der Waals surface area contributed by atoms with Crippen molar-refractivity contribution in [3.05, 3.63) is 65.9 Å². The molecule has 0 aliphatic rings. The van der Waals surface area contributed by atoms with Gasteiger partial charge in [-0.15, -0.1) is 0 Å². The maximum atomic E-state index is 12.9. The molecule has 3 rings (SSSR count). The maximum Gasteiger partial charge on any atom is 0.416 e. The van der Waals surface area contributed by atoms with E-state index in [4.69, 9.17) is 4.74 Å². The van der Waals surface area contributed by atoms with E-state index in [2.05, 4.69) is 20.6 Å². The highest BCUT2D eigenvalue weighted by molar-refractivity contribution is 5.64. The first-order chi connectivity index (χ1) is 13.3. The third-order valence-electron chi connectivity index (χ3n) is 3.75. The van der Waals surface area contributed by atoms with E-state index in [0.29, 0.717) is 35.5 Å². The number of ether oxygens (including phenoxy) is 1. The monoisotopic (exact) mass is 388 g/mol. The van der Waals surface area contributed by atoms with Crippen LogP contribution in [0.3, 0.4) is 0 Å². The molecule has 0 amide bonds. The number of para-hydroxylation sites is 2. The van der Waals surface area contributed by atoms with Gasteiger partial charge in [-0.2, -0.15) is 18.2 Å². The fraction of sp³-hybridized carbons (Fsp3) is 0.200. The fourth-order valence-corrected chi connectivity index (χ4v) is 2.58. The molecule has 0 spiro atoms. The molecule has 0 aliphatic heterocycles. The summed E-state index contributed by atoms with van der Waals surface area (Å²) in [4.78, 5) is 8.68. The van der Waals surface area contributed by atoms with Crippen LogP contribution in [0.4, 0.5) is 36.3 Å². The van der Waals surface area contributed by atoms with Crippen LogP contribution >= 0.6 is 0 Å². The lowest BCUT2D eigenvalue weighted by molar-refractivity contribution is -0.137. The lowest BCUT2D eigenvalue weighted by Gasteiger charge is -2.13. The Hall–Kier alpha value is -3.29. The number of nitrogens with zero attached hydrogens (tertiary/aromatic N) is 2. The number of aryl methyl sites for hydroxylation is 1. The SMILES string of the molecule is CCOc1ccccc1Nc1nc(C)cc(Nc2cccc(C(F)(F)F)c2)n1. The minimum absolute atomic E-state index is 0.286. The molecule has 2 N–H and O–H groups in total. The van der Waals surface area contributed by atoms with Crippen molar-refractivity contribution >= 4 is 23.1 Å².